The van der Waals surface area contributed by atoms with Crippen LogP contribution in [0.2, 0.25) is 5.02 Å². The average Bonchev–Trinajstić information content (AvgIpc) is 2.68. The normalized spacial score (nSPS) is 11.2. The molecule has 29 heavy (non-hydrogen) atoms. The van der Waals surface area contributed by atoms with E-state index in [0.717, 1.165) is 12.1 Å². The maximum atomic E-state index is 13.2. The molecule has 0 fully saturated rings. The minimum Gasteiger partial charge on any atom is -0.363 e. The Bertz CT molecular complexity index is 1020. The number of amides is 1. The smallest absolute Gasteiger partial charge is 0.363 e. The van der Waals surface area contributed by atoms with Gasteiger partial charge in [-0.3, -0.25) is 4.79 Å². The van der Waals surface area contributed by atoms with E-state index in [1.165, 1.54) is 4.90 Å². The Hall–Kier alpha value is -3.06. The number of rotatable bonds is 4. The summed E-state index contributed by atoms with van der Waals surface area (Å²) in [6.07, 6.45) is -4.48. The molecule has 3 rings (SSSR count). The summed E-state index contributed by atoms with van der Waals surface area (Å²) in [7, 11) is 3.25. The van der Waals surface area contributed by atoms with Gasteiger partial charge in [-0.15, -0.1) is 0 Å². The lowest BCUT2D eigenvalue weighted by Gasteiger charge is -2.16. The first-order valence-electron chi connectivity index (χ1n) is 8.57. The predicted octanol–water partition coefficient (Wildman–Crippen LogP) is 5.74. The molecule has 1 heterocycles. The number of benzene rings is 2. The molecule has 0 aliphatic heterocycles. The van der Waals surface area contributed by atoms with Crippen LogP contribution >= 0.6 is 11.6 Å². The van der Waals surface area contributed by atoms with Gasteiger partial charge >= 0.3 is 6.18 Å². The van der Waals surface area contributed by atoms with Crippen molar-refractivity contribution in [3.63, 3.8) is 0 Å². The number of anilines is 2. The van der Waals surface area contributed by atoms with Crippen LogP contribution in [0, 0.1) is 0 Å². The first kappa shape index (κ1) is 20.7. The van der Waals surface area contributed by atoms with Gasteiger partial charge in [0.15, 0.2) is 0 Å². The van der Waals surface area contributed by atoms with Crippen molar-refractivity contribution in [2.45, 2.75) is 6.18 Å². The Morgan fingerprint density at radius 3 is 2.17 bits per heavy atom. The Labute approximate surface area is 170 Å². The third-order valence-electron chi connectivity index (χ3n) is 4.14. The molecule has 0 aliphatic carbocycles. The molecule has 1 N–H and O–H groups in total. The number of alkyl halides is 3. The topological polar surface area (TPSA) is 45.2 Å². The minimum atomic E-state index is -4.48. The van der Waals surface area contributed by atoms with Crippen LogP contribution in [-0.4, -0.2) is 25.0 Å². The molecule has 0 radical (unpaired) electrons. The molecule has 0 aliphatic rings. The fraction of sp³-hybridized carbons (Fsp3) is 0.143. The van der Waals surface area contributed by atoms with E-state index in [1.807, 2.05) is 0 Å². The van der Waals surface area contributed by atoms with Crippen LogP contribution in [0.15, 0.2) is 60.7 Å². The Morgan fingerprint density at radius 1 is 1.00 bits per heavy atom. The van der Waals surface area contributed by atoms with E-state index in [0.29, 0.717) is 21.8 Å². The van der Waals surface area contributed by atoms with Crippen molar-refractivity contribution in [2.24, 2.45) is 0 Å². The van der Waals surface area contributed by atoms with Gasteiger partial charge in [0.25, 0.3) is 5.91 Å². The second-order valence-corrected chi connectivity index (χ2v) is 6.97. The summed E-state index contributed by atoms with van der Waals surface area (Å²) in [6, 6.07) is 14.9. The quantitative estimate of drug-likeness (QED) is 0.586. The maximum Gasteiger partial charge on any atom is 0.416 e. The molecule has 4 nitrogen and oxygen atoms in total. The van der Waals surface area contributed by atoms with E-state index in [2.05, 4.69) is 10.3 Å². The van der Waals surface area contributed by atoms with E-state index in [-0.39, 0.29) is 17.4 Å². The Balaban J connectivity index is 1.85. The van der Waals surface area contributed by atoms with Gasteiger partial charge in [-0.2, -0.15) is 13.2 Å². The number of halogens is 4. The van der Waals surface area contributed by atoms with Gasteiger partial charge in [-0.1, -0.05) is 23.7 Å². The summed E-state index contributed by atoms with van der Waals surface area (Å²) in [5.74, 6) is -0.114. The van der Waals surface area contributed by atoms with Gasteiger partial charge in [0, 0.05) is 35.9 Å². The van der Waals surface area contributed by atoms with Crippen molar-refractivity contribution in [3.8, 4) is 11.3 Å². The molecule has 150 valence electrons. The highest BCUT2D eigenvalue weighted by atomic mass is 35.5. The summed E-state index contributed by atoms with van der Waals surface area (Å²) < 4.78 is 39.7. The van der Waals surface area contributed by atoms with Crippen molar-refractivity contribution >= 4 is 29.0 Å². The number of carbonyl (C=O) groups excluding carboxylic acids is 1. The number of carbonyl (C=O) groups is 1. The first-order chi connectivity index (χ1) is 13.6. The molecule has 0 spiro atoms. The van der Waals surface area contributed by atoms with E-state index < -0.39 is 11.7 Å². The number of nitrogens with one attached hydrogen (secondary N) is 1. The van der Waals surface area contributed by atoms with Crippen LogP contribution < -0.4 is 10.2 Å². The number of aromatic nitrogens is 1. The number of pyridine rings is 1. The largest absolute Gasteiger partial charge is 0.416 e. The average molecular weight is 420 g/mol. The Morgan fingerprint density at radius 2 is 1.62 bits per heavy atom. The molecule has 0 atom stereocenters. The molecule has 3 aromatic rings. The molecule has 1 amide bonds. The standard InChI is InChI=1S/C21H17ClF3N3O/c1-28(2)19-12-15(21(23,24)25)11-18(27-19)13-5-9-17(10-6-13)26-20(29)14-3-7-16(22)8-4-14/h3-12H,1-2H3,(H,26,29). The summed E-state index contributed by atoms with van der Waals surface area (Å²) in [5, 5.41) is 3.26. The van der Waals surface area contributed by atoms with Gasteiger partial charge in [0.05, 0.1) is 11.3 Å². The van der Waals surface area contributed by atoms with Crippen molar-refractivity contribution in [3.05, 3.63) is 76.8 Å². The van der Waals surface area contributed by atoms with E-state index in [1.54, 1.807) is 62.6 Å². The van der Waals surface area contributed by atoms with Gasteiger partial charge in [0.2, 0.25) is 0 Å². The zero-order valence-electron chi connectivity index (χ0n) is 15.6. The molecule has 0 unspecified atom stereocenters. The van der Waals surface area contributed by atoms with E-state index in [9.17, 15) is 18.0 Å². The van der Waals surface area contributed by atoms with E-state index in [4.69, 9.17) is 11.6 Å². The zero-order chi connectivity index (χ0) is 21.2. The van der Waals surface area contributed by atoms with Gasteiger partial charge in [-0.25, -0.2) is 4.98 Å². The van der Waals surface area contributed by atoms with Crippen molar-refractivity contribution < 1.29 is 18.0 Å². The molecule has 1 aromatic heterocycles. The van der Waals surface area contributed by atoms with Crippen LogP contribution in [0.3, 0.4) is 0 Å². The van der Waals surface area contributed by atoms with Crippen LogP contribution in [0.4, 0.5) is 24.7 Å². The van der Waals surface area contributed by atoms with Crippen molar-refractivity contribution in [1.82, 2.24) is 4.98 Å². The summed E-state index contributed by atoms with van der Waals surface area (Å²) >= 11 is 5.81. The SMILES string of the molecule is CN(C)c1cc(C(F)(F)F)cc(-c2ccc(NC(=O)c3ccc(Cl)cc3)cc2)n1. The molecule has 0 bridgehead atoms. The lowest BCUT2D eigenvalue weighted by atomic mass is 10.1. The minimum absolute atomic E-state index is 0.194. The van der Waals surface area contributed by atoms with Crippen LogP contribution in [0.5, 0.6) is 0 Å². The number of hydrogen-bond donors (Lipinski definition) is 1. The molecular weight excluding hydrogens is 403 g/mol. The van der Waals surface area contributed by atoms with Crippen LogP contribution in [0.25, 0.3) is 11.3 Å². The fourth-order valence-electron chi connectivity index (χ4n) is 2.59. The second-order valence-electron chi connectivity index (χ2n) is 6.53. The first-order valence-corrected chi connectivity index (χ1v) is 8.95. The lowest BCUT2D eigenvalue weighted by Crippen LogP contribution is -2.14. The molecule has 0 saturated carbocycles. The van der Waals surface area contributed by atoms with Gasteiger partial charge < -0.3 is 10.2 Å². The third-order valence-corrected chi connectivity index (χ3v) is 4.39. The third kappa shape index (κ3) is 5.06. The Kier molecular flexibility index (Phi) is 5.79. The van der Waals surface area contributed by atoms with Crippen LogP contribution in [-0.2, 0) is 6.18 Å². The van der Waals surface area contributed by atoms with Crippen LogP contribution in [0.1, 0.15) is 15.9 Å². The predicted molar refractivity (Wildman–Crippen MR) is 108 cm³/mol. The highest BCUT2D eigenvalue weighted by Gasteiger charge is 2.32. The molecular formula is C21H17ClF3N3O. The second kappa shape index (κ2) is 8.13. The summed E-state index contributed by atoms with van der Waals surface area (Å²) in [6.45, 7) is 0. The van der Waals surface area contributed by atoms with Gasteiger partial charge in [0.1, 0.15) is 5.82 Å². The lowest BCUT2D eigenvalue weighted by molar-refractivity contribution is -0.137. The number of hydrogen-bond acceptors (Lipinski definition) is 3. The summed E-state index contributed by atoms with van der Waals surface area (Å²) in [4.78, 5) is 18.1. The molecule has 2 aromatic carbocycles. The molecule has 0 saturated heterocycles. The highest BCUT2D eigenvalue weighted by Crippen LogP contribution is 2.34. The monoisotopic (exact) mass is 419 g/mol. The number of nitrogens with zero attached hydrogens (tertiary/aromatic N) is 2. The summed E-state index contributed by atoms with van der Waals surface area (Å²) in [5.41, 5.74) is 0.872. The zero-order valence-corrected chi connectivity index (χ0v) is 16.3. The van der Waals surface area contributed by atoms with Crippen molar-refractivity contribution in [2.75, 3.05) is 24.3 Å². The molecule has 8 heteroatoms. The maximum absolute atomic E-state index is 13.2. The van der Waals surface area contributed by atoms with Crippen molar-refractivity contribution in [1.29, 1.82) is 0 Å². The van der Waals surface area contributed by atoms with Gasteiger partial charge in [-0.05, 0) is 48.5 Å². The van der Waals surface area contributed by atoms with E-state index >= 15 is 0 Å². The fourth-order valence-corrected chi connectivity index (χ4v) is 2.71. The highest BCUT2D eigenvalue weighted by molar-refractivity contribution is 6.30.